The largest absolute Gasteiger partial charge is 0.388 e. The highest BCUT2D eigenvalue weighted by atomic mass is 16.5. The van der Waals surface area contributed by atoms with E-state index < -0.39 is 5.60 Å². The van der Waals surface area contributed by atoms with E-state index in [9.17, 15) is 9.90 Å². The minimum absolute atomic E-state index is 0.00524. The zero-order valence-electron chi connectivity index (χ0n) is 11.0. The second kappa shape index (κ2) is 6.33. The third-order valence-electron chi connectivity index (χ3n) is 3.36. The van der Waals surface area contributed by atoms with Crippen LogP contribution in [-0.4, -0.2) is 60.9 Å². The molecule has 0 saturated carbocycles. The van der Waals surface area contributed by atoms with E-state index in [0.717, 1.165) is 0 Å². The number of rotatable bonds is 5. The summed E-state index contributed by atoms with van der Waals surface area (Å²) in [7, 11) is 1.87. The van der Waals surface area contributed by atoms with Gasteiger partial charge in [0.15, 0.2) is 0 Å². The molecule has 0 aromatic heterocycles. The Morgan fingerprint density at radius 2 is 2.12 bits per heavy atom. The first-order valence-electron chi connectivity index (χ1n) is 6.26. The zero-order valence-corrected chi connectivity index (χ0v) is 11.0. The molecule has 0 aromatic carbocycles. The monoisotopic (exact) mass is 244 g/mol. The molecule has 1 amide bonds. The van der Waals surface area contributed by atoms with Crippen LogP contribution < -0.4 is 5.32 Å². The first kappa shape index (κ1) is 14.4. The Kier molecular flexibility index (Phi) is 5.36. The van der Waals surface area contributed by atoms with Crippen molar-refractivity contribution in [2.45, 2.75) is 38.3 Å². The number of ether oxygens (including phenoxy) is 1. The fourth-order valence-corrected chi connectivity index (χ4v) is 2.03. The molecule has 0 aromatic rings. The Hall–Kier alpha value is -0.650. The summed E-state index contributed by atoms with van der Waals surface area (Å²) >= 11 is 0. The predicted molar refractivity (Wildman–Crippen MR) is 65.8 cm³/mol. The van der Waals surface area contributed by atoms with E-state index in [0.29, 0.717) is 39.1 Å². The number of likely N-dealkylation sites (N-methyl/N-ethyl adjacent to an activating group) is 2. The maximum absolute atomic E-state index is 11.7. The Balaban J connectivity index is 2.46. The van der Waals surface area contributed by atoms with Gasteiger partial charge in [0.05, 0.1) is 11.6 Å². The van der Waals surface area contributed by atoms with Gasteiger partial charge in [-0.05, 0) is 20.9 Å². The minimum Gasteiger partial charge on any atom is -0.388 e. The quantitative estimate of drug-likeness (QED) is 0.714. The number of carbonyl (C=O) groups excluding carboxylic acids is 1. The average Bonchev–Trinajstić information content (AvgIpc) is 2.28. The van der Waals surface area contributed by atoms with Crippen LogP contribution in [0.25, 0.3) is 0 Å². The Bertz CT molecular complexity index is 252. The topological polar surface area (TPSA) is 61.8 Å². The van der Waals surface area contributed by atoms with Crippen LogP contribution in [0.2, 0.25) is 0 Å². The van der Waals surface area contributed by atoms with Crippen molar-refractivity contribution >= 4 is 5.91 Å². The van der Waals surface area contributed by atoms with E-state index in [-0.39, 0.29) is 11.9 Å². The molecule has 1 unspecified atom stereocenters. The molecule has 1 saturated heterocycles. The SMILES string of the molecule is CCNC(=O)C(C)N(C)CC1(O)CCOCC1. The molecular formula is C12H24N2O3. The highest BCUT2D eigenvalue weighted by molar-refractivity contribution is 5.81. The maximum atomic E-state index is 11.7. The van der Waals surface area contributed by atoms with Crippen molar-refractivity contribution in [1.29, 1.82) is 0 Å². The first-order chi connectivity index (χ1) is 7.98. The number of carbonyl (C=O) groups is 1. The van der Waals surface area contributed by atoms with Crippen LogP contribution in [-0.2, 0) is 9.53 Å². The lowest BCUT2D eigenvalue weighted by Gasteiger charge is -2.37. The summed E-state index contributed by atoms with van der Waals surface area (Å²) in [5.41, 5.74) is -0.715. The summed E-state index contributed by atoms with van der Waals surface area (Å²) in [5.74, 6) is 0.00524. The van der Waals surface area contributed by atoms with Crippen molar-refractivity contribution in [2.75, 3.05) is 33.4 Å². The molecule has 0 radical (unpaired) electrons. The van der Waals surface area contributed by atoms with Crippen LogP contribution >= 0.6 is 0 Å². The van der Waals surface area contributed by atoms with E-state index >= 15 is 0 Å². The van der Waals surface area contributed by atoms with Gasteiger partial charge in [-0.2, -0.15) is 0 Å². The maximum Gasteiger partial charge on any atom is 0.237 e. The number of hydrogen-bond donors (Lipinski definition) is 2. The summed E-state index contributed by atoms with van der Waals surface area (Å²) in [4.78, 5) is 13.6. The van der Waals surface area contributed by atoms with Crippen LogP contribution in [0.1, 0.15) is 26.7 Å². The van der Waals surface area contributed by atoms with E-state index in [1.807, 2.05) is 25.8 Å². The van der Waals surface area contributed by atoms with Crippen LogP contribution in [0.15, 0.2) is 0 Å². The van der Waals surface area contributed by atoms with Gasteiger partial charge in [0.1, 0.15) is 0 Å². The molecule has 100 valence electrons. The van der Waals surface area contributed by atoms with Gasteiger partial charge in [-0.3, -0.25) is 9.69 Å². The fourth-order valence-electron chi connectivity index (χ4n) is 2.03. The van der Waals surface area contributed by atoms with Gasteiger partial charge in [0.25, 0.3) is 0 Å². The second-order valence-electron chi connectivity index (χ2n) is 4.82. The molecule has 1 atom stereocenters. The fraction of sp³-hybridized carbons (Fsp3) is 0.917. The smallest absolute Gasteiger partial charge is 0.237 e. The molecule has 1 aliphatic rings. The van der Waals surface area contributed by atoms with Gasteiger partial charge in [-0.25, -0.2) is 0 Å². The normalized spacial score (nSPS) is 21.2. The molecule has 5 heteroatoms. The Labute approximate surface area is 103 Å². The number of amides is 1. The molecule has 0 aliphatic carbocycles. The molecule has 1 rings (SSSR count). The van der Waals surface area contributed by atoms with Crippen LogP contribution in [0.5, 0.6) is 0 Å². The van der Waals surface area contributed by atoms with Crippen LogP contribution in [0, 0.1) is 0 Å². The van der Waals surface area contributed by atoms with Gasteiger partial charge in [-0.15, -0.1) is 0 Å². The minimum atomic E-state index is -0.715. The lowest BCUT2D eigenvalue weighted by atomic mass is 9.93. The average molecular weight is 244 g/mol. The molecular weight excluding hydrogens is 220 g/mol. The van der Waals surface area contributed by atoms with Crippen molar-refractivity contribution in [3.63, 3.8) is 0 Å². The Morgan fingerprint density at radius 1 is 1.53 bits per heavy atom. The van der Waals surface area contributed by atoms with Gasteiger partial charge in [0, 0.05) is 39.1 Å². The van der Waals surface area contributed by atoms with E-state index in [2.05, 4.69) is 5.32 Å². The number of aliphatic hydroxyl groups is 1. The molecule has 1 fully saturated rings. The van der Waals surface area contributed by atoms with Crippen molar-refractivity contribution in [3.05, 3.63) is 0 Å². The summed E-state index contributed by atoms with van der Waals surface area (Å²) in [6, 6.07) is -0.221. The summed E-state index contributed by atoms with van der Waals surface area (Å²) in [5, 5.41) is 13.1. The second-order valence-corrected chi connectivity index (χ2v) is 4.82. The lowest BCUT2D eigenvalue weighted by molar-refractivity contribution is -0.127. The standard InChI is InChI=1S/C12H24N2O3/c1-4-13-11(15)10(2)14(3)9-12(16)5-7-17-8-6-12/h10,16H,4-9H2,1-3H3,(H,13,15). The molecule has 0 spiro atoms. The molecule has 5 nitrogen and oxygen atoms in total. The lowest BCUT2D eigenvalue weighted by Crippen LogP contribution is -2.51. The molecule has 1 aliphatic heterocycles. The summed E-state index contributed by atoms with van der Waals surface area (Å²) < 4.78 is 5.24. The summed E-state index contributed by atoms with van der Waals surface area (Å²) in [6.07, 6.45) is 1.28. The van der Waals surface area contributed by atoms with Gasteiger partial charge in [-0.1, -0.05) is 0 Å². The third-order valence-corrected chi connectivity index (χ3v) is 3.36. The number of hydrogen-bond acceptors (Lipinski definition) is 4. The van der Waals surface area contributed by atoms with E-state index in [4.69, 9.17) is 4.74 Å². The van der Waals surface area contributed by atoms with Crippen molar-refractivity contribution in [3.8, 4) is 0 Å². The van der Waals surface area contributed by atoms with E-state index in [1.54, 1.807) is 0 Å². The van der Waals surface area contributed by atoms with Crippen molar-refractivity contribution in [1.82, 2.24) is 10.2 Å². The van der Waals surface area contributed by atoms with Gasteiger partial charge >= 0.3 is 0 Å². The van der Waals surface area contributed by atoms with Crippen LogP contribution in [0.3, 0.4) is 0 Å². The predicted octanol–water partition coefficient (Wildman–Crippen LogP) is -0.0157. The third kappa shape index (κ3) is 4.26. The van der Waals surface area contributed by atoms with Crippen molar-refractivity contribution < 1.29 is 14.6 Å². The zero-order chi connectivity index (χ0) is 12.9. The van der Waals surface area contributed by atoms with Gasteiger partial charge in [0.2, 0.25) is 5.91 Å². The Morgan fingerprint density at radius 3 is 2.65 bits per heavy atom. The number of nitrogens with zero attached hydrogens (tertiary/aromatic N) is 1. The van der Waals surface area contributed by atoms with Crippen LogP contribution in [0.4, 0.5) is 0 Å². The number of nitrogens with one attached hydrogen (secondary N) is 1. The highest BCUT2D eigenvalue weighted by Gasteiger charge is 2.33. The first-order valence-corrected chi connectivity index (χ1v) is 6.26. The van der Waals surface area contributed by atoms with Gasteiger partial charge < -0.3 is 15.2 Å². The molecule has 2 N–H and O–H groups in total. The van der Waals surface area contributed by atoms with Crippen molar-refractivity contribution in [2.24, 2.45) is 0 Å². The highest BCUT2D eigenvalue weighted by Crippen LogP contribution is 2.21. The molecule has 1 heterocycles. The molecule has 0 bridgehead atoms. The van der Waals surface area contributed by atoms with E-state index in [1.165, 1.54) is 0 Å². The summed E-state index contributed by atoms with van der Waals surface area (Å²) in [6.45, 7) is 6.09. The molecule has 17 heavy (non-hydrogen) atoms.